The quantitative estimate of drug-likeness (QED) is 0.162. The summed E-state index contributed by atoms with van der Waals surface area (Å²) in [6.45, 7) is 4.56. The minimum atomic E-state index is -4.61. The summed E-state index contributed by atoms with van der Waals surface area (Å²) in [5.74, 6) is -0.144. The molecule has 7 rings (SSSR count). The average molecular weight is 804 g/mol. The maximum absolute atomic E-state index is 14.4. The number of aromatic nitrogens is 6. The minimum absolute atomic E-state index is 0.00230. The highest BCUT2D eigenvalue weighted by Gasteiger charge is 2.32. The topological polar surface area (TPSA) is 140 Å². The number of ether oxygens (including phenoxy) is 1. The van der Waals surface area contributed by atoms with Gasteiger partial charge in [0.05, 0.1) is 27.7 Å². The first-order valence-electron chi connectivity index (χ1n) is 18.8. The Morgan fingerprint density at radius 3 is 2.42 bits per heavy atom. The molecule has 0 radical (unpaired) electrons. The van der Waals surface area contributed by atoms with Crippen molar-refractivity contribution in [1.82, 2.24) is 34.0 Å². The first-order chi connectivity index (χ1) is 27.4. The summed E-state index contributed by atoms with van der Waals surface area (Å²) in [5.41, 5.74) is 2.22. The van der Waals surface area contributed by atoms with Gasteiger partial charge in [0.15, 0.2) is 17.3 Å². The monoisotopic (exact) mass is 803 g/mol. The Bertz CT molecular complexity index is 2380. The number of hydrogen-bond acceptors (Lipinski definition) is 9. The maximum atomic E-state index is 14.4. The number of fused-ring (bicyclic) bond motifs is 1. The standard InChI is InChI=1S/C40H41ClF3N9O4/c1-3-31-35(50-16-18-51(19-17-50)37(55)34-36(25(2)45-24-46-34)57-23-27-12-8-5-9-13-27)38(56)53-39(48-32(49-53)20-26-10-6-4-7-11-26)52(31)22-33(54)47-30-15-14-28(21-29(30)41)40(42,43)44/h5,8-9,12-15,20-21,24H,3-4,6-7,10-11,16-19,22-23H2,1-2H3,(H,47,54). The SMILES string of the molecule is CCc1c(N2CCN(C(=O)c3ncnc(C)c3OCc3ccccc3)CC2)c(=O)n2nc(C=C3CCCCC3)nc2n1CC(=O)Nc1ccc(C(F)(F)F)cc1Cl. The number of hydrogen-bond donors (Lipinski definition) is 1. The van der Waals surface area contributed by atoms with Crippen molar-refractivity contribution in [2.45, 2.75) is 71.7 Å². The van der Waals surface area contributed by atoms with Gasteiger partial charge in [-0.1, -0.05) is 60.9 Å². The fourth-order valence-electron chi connectivity index (χ4n) is 7.26. The molecule has 0 atom stereocenters. The minimum Gasteiger partial charge on any atom is -0.485 e. The molecule has 1 saturated carbocycles. The number of nitrogens with one attached hydrogen (secondary N) is 1. The zero-order chi connectivity index (χ0) is 40.3. The number of halogens is 4. The summed E-state index contributed by atoms with van der Waals surface area (Å²) in [7, 11) is 0. The molecule has 2 aromatic carbocycles. The van der Waals surface area contributed by atoms with E-state index in [1.165, 1.54) is 16.4 Å². The molecular formula is C40H41ClF3N9O4. The van der Waals surface area contributed by atoms with Crippen molar-refractivity contribution in [3.8, 4) is 5.75 Å². The van der Waals surface area contributed by atoms with Gasteiger partial charge in [-0.25, -0.2) is 9.97 Å². The number of rotatable bonds is 10. The molecule has 3 aromatic heterocycles. The van der Waals surface area contributed by atoms with E-state index in [-0.39, 0.29) is 67.4 Å². The lowest BCUT2D eigenvalue weighted by Crippen LogP contribution is -2.51. The summed E-state index contributed by atoms with van der Waals surface area (Å²) >= 11 is 6.17. The lowest BCUT2D eigenvalue weighted by molar-refractivity contribution is -0.137. The first-order valence-corrected chi connectivity index (χ1v) is 19.2. The van der Waals surface area contributed by atoms with Crippen LogP contribution < -0.4 is 20.5 Å². The van der Waals surface area contributed by atoms with E-state index in [1.807, 2.05) is 48.2 Å². The third kappa shape index (κ3) is 8.65. The molecule has 0 unspecified atom stereocenters. The largest absolute Gasteiger partial charge is 0.485 e. The molecule has 0 bridgehead atoms. The van der Waals surface area contributed by atoms with Gasteiger partial charge < -0.3 is 24.4 Å². The average Bonchev–Trinajstić information content (AvgIpc) is 3.63. The van der Waals surface area contributed by atoms with Crippen LogP contribution in [0.2, 0.25) is 5.02 Å². The van der Waals surface area contributed by atoms with Crippen molar-refractivity contribution >= 4 is 46.6 Å². The number of alkyl halides is 3. The van der Waals surface area contributed by atoms with Crippen LogP contribution in [0.4, 0.5) is 24.5 Å². The van der Waals surface area contributed by atoms with Crippen LogP contribution in [0.5, 0.6) is 5.75 Å². The van der Waals surface area contributed by atoms with E-state index in [0.29, 0.717) is 35.1 Å². The molecule has 298 valence electrons. The van der Waals surface area contributed by atoms with Crippen LogP contribution in [0, 0.1) is 6.92 Å². The summed E-state index contributed by atoms with van der Waals surface area (Å²) in [4.78, 5) is 58.7. The van der Waals surface area contributed by atoms with Gasteiger partial charge in [0, 0.05) is 26.2 Å². The Morgan fingerprint density at radius 1 is 1.00 bits per heavy atom. The van der Waals surface area contributed by atoms with Crippen molar-refractivity contribution < 1.29 is 27.5 Å². The van der Waals surface area contributed by atoms with Gasteiger partial charge in [0.1, 0.15) is 25.2 Å². The number of anilines is 2. The van der Waals surface area contributed by atoms with E-state index in [9.17, 15) is 27.6 Å². The number of benzene rings is 2. The van der Waals surface area contributed by atoms with Gasteiger partial charge in [-0.3, -0.25) is 14.4 Å². The third-order valence-electron chi connectivity index (χ3n) is 10.2. The fraction of sp³-hybridized carbons (Fsp3) is 0.375. The van der Waals surface area contributed by atoms with Crippen LogP contribution in [0.15, 0.2) is 65.2 Å². The van der Waals surface area contributed by atoms with Crippen LogP contribution in [-0.4, -0.2) is 72.0 Å². The van der Waals surface area contributed by atoms with Crippen LogP contribution in [0.25, 0.3) is 11.9 Å². The van der Waals surface area contributed by atoms with Gasteiger partial charge in [-0.05, 0) is 68.9 Å². The van der Waals surface area contributed by atoms with E-state index >= 15 is 0 Å². The number of allylic oxidation sites excluding steroid dienone is 1. The Kier molecular flexibility index (Phi) is 11.6. The zero-order valence-corrected chi connectivity index (χ0v) is 32.2. The van der Waals surface area contributed by atoms with E-state index in [2.05, 4.69) is 20.4 Å². The second-order valence-corrected chi connectivity index (χ2v) is 14.4. The van der Waals surface area contributed by atoms with Crippen LogP contribution in [-0.2, 0) is 30.5 Å². The second kappa shape index (κ2) is 16.8. The van der Waals surface area contributed by atoms with Gasteiger partial charge in [0.25, 0.3) is 11.5 Å². The highest BCUT2D eigenvalue weighted by Crippen LogP contribution is 2.34. The Morgan fingerprint density at radius 2 is 1.74 bits per heavy atom. The van der Waals surface area contributed by atoms with E-state index in [0.717, 1.165) is 55.9 Å². The van der Waals surface area contributed by atoms with Crippen molar-refractivity contribution in [2.75, 3.05) is 36.4 Å². The van der Waals surface area contributed by atoms with E-state index in [1.54, 1.807) is 16.4 Å². The molecule has 2 fully saturated rings. The van der Waals surface area contributed by atoms with Gasteiger partial charge >= 0.3 is 6.18 Å². The molecule has 1 aliphatic heterocycles. The predicted molar refractivity (Wildman–Crippen MR) is 208 cm³/mol. The molecule has 57 heavy (non-hydrogen) atoms. The molecule has 4 heterocycles. The molecule has 1 aliphatic carbocycles. The summed E-state index contributed by atoms with van der Waals surface area (Å²) in [6.07, 6.45) is 3.98. The molecule has 5 aromatic rings. The smallest absolute Gasteiger partial charge is 0.416 e. The van der Waals surface area contributed by atoms with Crippen LogP contribution in [0.3, 0.4) is 0 Å². The predicted octanol–water partition coefficient (Wildman–Crippen LogP) is 6.75. The van der Waals surface area contributed by atoms with Crippen molar-refractivity contribution in [1.29, 1.82) is 0 Å². The van der Waals surface area contributed by atoms with E-state index < -0.39 is 23.2 Å². The molecule has 17 heteroatoms. The lowest BCUT2D eigenvalue weighted by atomic mass is 9.95. The molecule has 13 nitrogen and oxygen atoms in total. The lowest BCUT2D eigenvalue weighted by Gasteiger charge is -2.36. The molecule has 1 N–H and O–H groups in total. The highest BCUT2D eigenvalue weighted by atomic mass is 35.5. The molecule has 2 amide bonds. The van der Waals surface area contributed by atoms with E-state index in [4.69, 9.17) is 21.3 Å². The van der Waals surface area contributed by atoms with Crippen LogP contribution in [0.1, 0.15) is 77.9 Å². The van der Waals surface area contributed by atoms with Gasteiger partial charge in [-0.2, -0.15) is 22.7 Å². The third-order valence-corrected chi connectivity index (χ3v) is 10.5. The molecule has 2 aliphatic rings. The number of aryl methyl sites for hydroxylation is 1. The second-order valence-electron chi connectivity index (χ2n) is 14.0. The fourth-order valence-corrected chi connectivity index (χ4v) is 7.49. The number of amides is 2. The first kappa shape index (κ1) is 39.5. The molecular weight excluding hydrogens is 763 g/mol. The molecule has 1 saturated heterocycles. The van der Waals surface area contributed by atoms with Crippen molar-refractivity contribution in [3.63, 3.8) is 0 Å². The number of carbonyl (C=O) groups is 2. The molecule has 0 spiro atoms. The highest BCUT2D eigenvalue weighted by molar-refractivity contribution is 6.33. The van der Waals surface area contributed by atoms with Gasteiger partial charge in [0.2, 0.25) is 11.7 Å². The van der Waals surface area contributed by atoms with Crippen LogP contribution >= 0.6 is 11.6 Å². The zero-order valence-electron chi connectivity index (χ0n) is 31.5. The van der Waals surface area contributed by atoms with Crippen molar-refractivity contribution in [2.24, 2.45) is 0 Å². The van der Waals surface area contributed by atoms with Crippen molar-refractivity contribution in [3.05, 3.63) is 110 Å². The summed E-state index contributed by atoms with van der Waals surface area (Å²) in [5, 5.41) is 6.93. The maximum Gasteiger partial charge on any atom is 0.416 e. The normalized spacial score (nSPS) is 14.9. The Balaban J connectivity index is 1.17. The van der Waals surface area contributed by atoms with Gasteiger partial charge in [-0.15, -0.1) is 5.10 Å². The number of piperazine rings is 1. The number of carbonyl (C=O) groups excluding carboxylic acids is 2. The summed E-state index contributed by atoms with van der Waals surface area (Å²) in [6, 6.07) is 12.3. The Hall–Kier alpha value is -5.77. The Labute approximate surface area is 331 Å². The number of nitrogens with zero attached hydrogens (tertiary/aromatic N) is 8. The summed E-state index contributed by atoms with van der Waals surface area (Å²) < 4.78 is 48.7.